The summed E-state index contributed by atoms with van der Waals surface area (Å²) < 4.78 is 5.11. The second-order valence-electron chi connectivity index (χ2n) is 5.11. The number of hydrogen-bond acceptors (Lipinski definition) is 5. The lowest BCUT2D eigenvalue weighted by atomic mass is 10.2. The Labute approximate surface area is 132 Å². The Hall–Kier alpha value is -2.80. The number of carboxylic acids is 1. The number of carboxylic acid groups (broad SMARTS) is 1. The van der Waals surface area contributed by atoms with Crippen LogP contribution in [0.4, 0.5) is 0 Å². The van der Waals surface area contributed by atoms with E-state index in [0.29, 0.717) is 17.9 Å². The van der Waals surface area contributed by atoms with Gasteiger partial charge in [-0.15, -0.1) is 0 Å². The number of carbonyl (C=O) groups is 2. The zero-order valence-electron chi connectivity index (χ0n) is 12.3. The Balaban J connectivity index is 1.74. The van der Waals surface area contributed by atoms with Crippen LogP contribution in [-0.2, 0) is 9.53 Å². The highest BCUT2D eigenvalue weighted by atomic mass is 16.5. The van der Waals surface area contributed by atoms with E-state index < -0.39 is 12.1 Å². The fourth-order valence-corrected chi connectivity index (χ4v) is 2.34. The molecule has 0 aliphatic carbocycles. The number of aliphatic carboxylic acids is 1. The van der Waals surface area contributed by atoms with E-state index in [9.17, 15) is 9.59 Å². The van der Waals surface area contributed by atoms with Crippen molar-refractivity contribution in [1.82, 2.24) is 14.9 Å². The summed E-state index contributed by atoms with van der Waals surface area (Å²) >= 11 is 0. The van der Waals surface area contributed by atoms with Crippen LogP contribution in [0.3, 0.4) is 0 Å². The van der Waals surface area contributed by atoms with Gasteiger partial charge >= 0.3 is 5.97 Å². The molecule has 0 radical (unpaired) electrons. The van der Waals surface area contributed by atoms with Crippen molar-refractivity contribution in [2.45, 2.75) is 6.10 Å². The minimum Gasteiger partial charge on any atom is -0.479 e. The van der Waals surface area contributed by atoms with Gasteiger partial charge < -0.3 is 14.7 Å². The van der Waals surface area contributed by atoms with Crippen molar-refractivity contribution in [2.75, 3.05) is 19.7 Å². The van der Waals surface area contributed by atoms with E-state index in [1.807, 2.05) is 30.3 Å². The molecule has 1 unspecified atom stereocenters. The molecule has 1 amide bonds. The number of amides is 1. The zero-order valence-corrected chi connectivity index (χ0v) is 12.3. The van der Waals surface area contributed by atoms with Gasteiger partial charge in [-0.1, -0.05) is 30.3 Å². The number of ether oxygens (including phenoxy) is 1. The summed E-state index contributed by atoms with van der Waals surface area (Å²) in [6.07, 6.45) is 1.93. The molecule has 0 saturated carbocycles. The van der Waals surface area contributed by atoms with E-state index in [-0.39, 0.29) is 19.1 Å². The monoisotopic (exact) mass is 313 g/mol. The van der Waals surface area contributed by atoms with Crippen molar-refractivity contribution in [2.24, 2.45) is 0 Å². The minimum absolute atomic E-state index is 0.0224. The van der Waals surface area contributed by atoms with Crippen molar-refractivity contribution < 1.29 is 19.4 Å². The lowest BCUT2D eigenvalue weighted by molar-refractivity contribution is -0.154. The third kappa shape index (κ3) is 3.35. The summed E-state index contributed by atoms with van der Waals surface area (Å²) in [6.45, 7) is 0.573. The normalized spacial score (nSPS) is 17.7. The second-order valence-corrected chi connectivity index (χ2v) is 5.11. The van der Waals surface area contributed by atoms with E-state index in [2.05, 4.69) is 9.97 Å². The van der Waals surface area contributed by atoms with Gasteiger partial charge in [0.05, 0.1) is 18.7 Å². The number of carbonyl (C=O) groups excluding carboxylic acids is 1. The molecule has 0 bridgehead atoms. The molecule has 1 fully saturated rings. The van der Waals surface area contributed by atoms with Crippen molar-refractivity contribution in [3.8, 4) is 11.4 Å². The lowest BCUT2D eigenvalue weighted by Crippen LogP contribution is -2.48. The van der Waals surface area contributed by atoms with Crippen LogP contribution >= 0.6 is 0 Å². The molecule has 1 aliphatic rings. The maximum atomic E-state index is 12.4. The van der Waals surface area contributed by atoms with Crippen LogP contribution in [0.1, 0.15) is 10.4 Å². The average Bonchev–Trinajstić information content (AvgIpc) is 2.62. The summed E-state index contributed by atoms with van der Waals surface area (Å²) in [5.41, 5.74) is 1.19. The van der Waals surface area contributed by atoms with Crippen LogP contribution in [0.5, 0.6) is 0 Å². The molecule has 7 nitrogen and oxygen atoms in total. The second kappa shape index (κ2) is 6.53. The van der Waals surface area contributed by atoms with Gasteiger partial charge in [0.2, 0.25) is 0 Å². The molecule has 1 aliphatic heterocycles. The Kier molecular flexibility index (Phi) is 4.29. The fourth-order valence-electron chi connectivity index (χ4n) is 2.34. The quantitative estimate of drug-likeness (QED) is 0.911. The molecule has 1 N–H and O–H groups in total. The molecule has 2 heterocycles. The van der Waals surface area contributed by atoms with Crippen LogP contribution in [0.2, 0.25) is 0 Å². The van der Waals surface area contributed by atoms with Crippen LogP contribution in [0, 0.1) is 0 Å². The SMILES string of the molecule is O=C(O)C1CN(C(=O)c2cnc(-c3ccccc3)nc2)CCO1. The molecular weight excluding hydrogens is 298 g/mol. The molecule has 7 heteroatoms. The van der Waals surface area contributed by atoms with Gasteiger partial charge in [0, 0.05) is 24.5 Å². The number of aromatic nitrogens is 2. The Morgan fingerprint density at radius 3 is 2.52 bits per heavy atom. The van der Waals surface area contributed by atoms with Crippen molar-refractivity contribution >= 4 is 11.9 Å². The highest BCUT2D eigenvalue weighted by molar-refractivity contribution is 5.94. The van der Waals surface area contributed by atoms with E-state index in [0.717, 1.165) is 5.56 Å². The van der Waals surface area contributed by atoms with Gasteiger partial charge in [0.1, 0.15) is 0 Å². The molecule has 1 saturated heterocycles. The summed E-state index contributed by atoms with van der Waals surface area (Å²) in [5, 5.41) is 8.98. The molecule has 1 aromatic heterocycles. The summed E-state index contributed by atoms with van der Waals surface area (Å²) in [6, 6.07) is 9.44. The number of benzene rings is 1. The van der Waals surface area contributed by atoms with Crippen LogP contribution in [-0.4, -0.2) is 57.7 Å². The topological polar surface area (TPSA) is 92.6 Å². The molecule has 23 heavy (non-hydrogen) atoms. The predicted octanol–water partition coefficient (Wildman–Crippen LogP) is 1.07. The number of rotatable bonds is 3. The highest BCUT2D eigenvalue weighted by Crippen LogP contribution is 2.15. The molecular formula is C16H15N3O4. The van der Waals surface area contributed by atoms with E-state index in [1.165, 1.54) is 17.3 Å². The smallest absolute Gasteiger partial charge is 0.334 e. The molecule has 118 valence electrons. The highest BCUT2D eigenvalue weighted by Gasteiger charge is 2.29. The molecule has 3 rings (SSSR count). The largest absolute Gasteiger partial charge is 0.479 e. The minimum atomic E-state index is -1.07. The van der Waals surface area contributed by atoms with Crippen molar-refractivity contribution in [3.63, 3.8) is 0 Å². The summed E-state index contributed by atoms with van der Waals surface area (Å²) in [4.78, 5) is 33.3. The Morgan fingerprint density at radius 1 is 1.17 bits per heavy atom. The molecule has 0 spiro atoms. The van der Waals surface area contributed by atoms with Gasteiger partial charge in [-0.2, -0.15) is 0 Å². The number of hydrogen-bond donors (Lipinski definition) is 1. The third-order valence-electron chi connectivity index (χ3n) is 3.56. The Bertz CT molecular complexity index is 703. The van der Waals surface area contributed by atoms with Gasteiger partial charge in [-0.05, 0) is 0 Å². The zero-order chi connectivity index (χ0) is 16.2. The third-order valence-corrected chi connectivity index (χ3v) is 3.56. The van der Waals surface area contributed by atoms with Crippen molar-refractivity contribution in [3.05, 3.63) is 48.3 Å². The van der Waals surface area contributed by atoms with Gasteiger partial charge in [-0.25, -0.2) is 14.8 Å². The van der Waals surface area contributed by atoms with E-state index >= 15 is 0 Å². The fraction of sp³-hybridized carbons (Fsp3) is 0.250. The van der Waals surface area contributed by atoms with E-state index in [1.54, 1.807) is 0 Å². The first kappa shape index (κ1) is 15.1. The summed E-state index contributed by atoms with van der Waals surface area (Å²) in [5.74, 6) is -0.829. The number of morpholine rings is 1. The molecule has 1 atom stereocenters. The average molecular weight is 313 g/mol. The van der Waals surface area contributed by atoms with Crippen molar-refractivity contribution in [1.29, 1.82) is 0 Å². The standard InChI is InChI=1S/C16H15N3O4/c20-15(19-6-7-23-13(10-19)16(21)22)12-8-17-14(18-9-12)11-4-2-1-3-5-11/h1-5,8-9,13H,6-7,10H2,(H,21,22). The van der Waals surface area contributed by atoms with E-state index in [4.69, 9.17) is 9.84 Å². The first-order valence-corrected chi connectivity index (χ1v) is 7.16. The Morgan fingerprint density at radius 2 is 1.87 bits per heavy atom. The first-order valence-electron chi connectivity index (χ1n) is 7.16. The maximum Gasteiger partial charge on any atom is 0.334 e. The van der Waals surface area contributed by atoms with Crippen LogP contribution in [0.15, 0.2) is 42.7 Å². The first-order chi connectivity index (χ1) is 11.1. The lowest BCUT2D eigenvalue weighted by Gasteiger charge is -2.30. The van der Waals surface area contributed by atoms with Gasteiger partial charge in [0.25, 0.3) is 5.91 Å². The van der Waals surface area contributed by atoms with Crippen LogP contribution in [0.25, 0.3) is 11.4 Å². The van der Waals surface area contributed by atoms with Gasteiger partial charge in [-0.3, -0.25) is 4.79 Å². The predicted molar refractivity (Wildman–Crippen MR) is 80.7 cm³/mol. The molecule has 1 aromatic carbocycles. The summed E-state index contributed by atoms with van der Waals surface area (Å²) in [7, 11) is 0. The van der Waals surface area contributed by atoms with Gasteiger partial charge in [0.15, 0.2) is 11.9 Å². The maximum absolute atomic E-state index is 12.4. The number of nitrogens with zero attached hydrogens (tertiary/aromatic N) is 3. The van der Waals surface area contributed by atoms with Crippen LogP contribution < -0.4 is 0 Å². The molecule has 2 aromatic rings.